The summed E-state index contributed by atoms with van der Waals surface area (Å²) < 4.78 is 5.18. The van der Waals surface area contributed by atoms with Gasteiger partial charge in [0.05, 0.1) is 12.0 Å². The zero-order valence-electron chi connectivity index (χ0n) is 10.6. The summed E-state index contributed by atoms with van der Waals surface area (Å²) in [6.45, 7) is 4.24. The molecule has 2 aliphatic rings. The van der Waals surface area contributed by atoms with E-state index in [0.29, 0.717) is 19.0 Å². The van der Waals surface area contributed by atoms with E-state index in [1.807, 2.05) is 18.7 Å². The number of esters is 1. The second-order valence-corrected chi connectivity index (χ2v) is 5.37. The van der Waals surface area contributed by atoms with Gasteiger partial charge in [0.1, 0.15) is 0 Å². The first-order chi connectivity index (χ1) is 8.08. The lowest BCUT2D eigenvalue weighted by molar-refractivity contribution is -0.152. The van der Waals surface area contributed by atoms with Crippen molar-refractivity contribution < 1.29 is 14.3 Å². The van der Waals surface area contributed by atoms with Crippen LogP contribution in [0, 0.1) is 5.92 Å². The third-order valence-corrected chi connectivity index (χ3v) is 3.61. The fourth-order valence-corrected chi connectivity index (χ4v) is 2.79. The van der Waals surface area contributed by atoms with Crippen molar-refractivity contribution in [3.05, 3.63) is 0 Å². The van der Waals surface area contributed by atoms with Crippen molar-refractivity contribution in [1.29, 1.82) is 0 Å². The standard InChI is InChI=1S/C13H21NO3/c1-9(2)17-13(16)10-7-12(15)14(8-10)11-5-3-4-6-11/h9-11H,3-8H2,1-2H3. The summed E-state index contributed by atoms with van der Waals surface area (Å²) in [6, 6.07) is 0.374. The van der Waals surface area contributed by atoms with E-state index < -0.39 is 0 Å². The molecule has 96 valence electrons. The molecule has 1 amide bonds. The predicted octanol–water partition coefficient (Wildman–Crippen LogP) is 1.73. The number of hydrogen-bond donors (Lipinski definition) is 0. The maximum atomic E-state index is 11.9. The van der Waals surface area contributed by atoms with E-state index in [9.17, 15) is 9.59 Å². The number of amides is 1. The van der Waals surface area contributed by atoms with E-state index in [0.717, 1.165) is 12.8 Å². The van der Waals surface area contributed by atoms with Crippen molar-refractivity contribution >= 4 is 11.9 Å². The van der Waals surface area contributed by atoms with Crippen LogP contribution in [0.3, 0.4) is 0 Å². The highest BCUT2D eigenvalue weighted by Gasteiger charge is 2.39. The van der Waals surface area contributed by atoms with E-state index in [-0.39, 0.29) is 23.9 Å². The van der Waals surface area contributed by atoms with Gasteiger partial charge < -0.3 is 9.64 Å². The van der Waals surface area contributed by atoms with Crippen molar-refractivity contribution in [2.45, 2.75) is 58.1 Å². The number of rotatable bonds is 3. The molecule has 1 unspecified atom stereocenters. The smallest absolute Gasteiger partial charge is 0.311 e. The van der Waals surface area contributed by atoms with Crippen molar-refractivity contribution in [2.75, 3.05) is 6.54 Å². The fourth-order valence-electron chi connectivity index (χ4n) is 2.79. The third-order valence-electron chi connectivity index (χ3n) is 3.61. The average Bonchev–Trinajstić information content (AvgIpc) is 2.84. The van der Waals surface area contributed by atoms with E-state index >= 15 is 0 Å². The SMILES string of the molecule is CC(C)OC(=O)C1CC(=O)N(C2CCCC2)C1. The highest BCUT2D eigenvalue weighted by Crippen LogP contribution is 2.29. The molecule has 2 fully saturated rings. The fraction of sp³-hybridized carbons (Fsp3) is 0.846. The molecule has 1 atom stereocenters. The minimum Gasteiger partial charge on any atom is -0.463 e. The van der Waals surface area contributed by atoms with E-state index in [1.54, 1.807) is 0 Å². The van der Waals surface area contributed by atoms with Crippen LogP contribution >= 0.6 is 0 Å². The van der Waals surface area contributed by atoms with Gasteiger partial charge in [0.15, 0.2) is 0 Å². The summed E-state index contributed by atoms with van der Waals surface area (Å²) in [5.74, 6) is -0.332. The highest BCUT2D eigenvalue weighted by molar-refractivity contribution is 5.87. The molecule has 2 rings (SSSR count). The first-order valence-electron chi connectivity index (χ1n) is 6.58. The molecular weight excluding hydrogens is 218 g/mol. The number of ether oxygens (including phenoxy) is 1. The van der Waals surface area contributed by atoms with E-state index in [4.69, 9.17) is 4.74 Å². The summed E-state index contributed by atoms with van der Waals surface area (Å²) in [7, 11) is 0. The maximum Gasteiger partial charge on any atom is 0.311 e. The van der Waals surface area contributed by atoms with Crippen LogP contribution in [-0.4, -0.2) is 35.5 Å². The minimum absolute atomic E-state index is 0.0990. The Morgan fingerprint density at radius 1 is 1.35 bits per heavy atom. The molecule has 0 bridgehead atoms. The number of carbonyl (C=O) groups is 2. The Morgan fingerprint density at radius 2 is 2.00 bits per heavy atom. The number of hydrogen-bond acceptors (Lipinski definition) is 3. The number of nitrogens with zero attached hydrogens (tertiary/aromatic N) is 1. The molecule has 0 spiro atoms. The summed E-state index contributed by atoms with van der Waals surface area (Å²) >= 11 is 0. The lowest BCUT2D eigenvalue weighted by Gasteiger charge is -2.23. The maximum absolute atomic E-state index is 11.9. The molecule has 4 nitrogen and oxygen atoms in total. The van der Waals surface area contributed by atoms with Gasteiger partial charge in [-0.15, -0.1) is 0 Å². The monoisotopic (exact) mass is 239 g/mol. The van der Waals surface area contributed by atoms with E-state index in [2.05, 4.69) is 0 Å². The Labute approximate surface area is 102 Å². The predicted molar refractivity (Wildman–Crippen MR) is 63.3 cm³/mol. The molecule has 0 radical (unpaired) electrons. The molecule has 0 aromatic heterocycles. The second kappa shape index (κ2) is 5.07. The van der Waals surface area contributed by atoms with Gasteiger partial charge in [0.2, 0.25) is 5.91 Å². The first-order valence-corrected chi connectivity index (χ1v) is 6.58. The topological polar surface area (TPSA) is 46.6 Å². The Morgan fingerprint density at radius 3 is 2.59 bits per heavy atom. The van der Waals surface area contributed by atoms with Crippen LogP contribution in [0.25, 0.3) is 0 Å². The van der Waals surface area contributed by atoms with Crippen LogP contribution < -0.4 is 0 Å². The van der Waals surface area contributed by atoms with Crippen molar-refractivity contribution in [3.8, 4) is 0 Å². The van der Waals surface area contributed by atoms with Gasteiger partial charge in [-0.05, 0) is 26.7 Å². The first kappa shape index (κ1) is 12.4. The molecule has 1 saturated heterocycles. The zero-order chi connectivity index (χ0) is 12.4. The number of likely N-dealkylation sites (tertiary alicyclic amines) is 1. The van der Waals surface area contributed by atoms with Crippen molar-refractivity contribution in [1.82, 2.24) is 4.90 Å². The number of carbonyl (C=O) groups excluding carboxylic acids is 2. The van der Waals surface area contributed by atoms with Crippen LogP contribution in [0.1, 0.15) is 46.0 Å². The summed E-state index contributed by atoms with van der Waals surface area (Å²) in [6.07, 6.45) is 4.83. The van der Waals surface area contributed by atoms with Crippen molar-refractivity contribution in [2.24, 2.45) is 5.92 Å². The van der Waals surface area contributed by atoms with Crippen LogP contribution in [0.2, 0.25) is 0 Å². The van der Waals surface area contributed by atoms with Gasteiger partial charge >= 0.3 is 5.97 Å². The summed E-state index contributed by atoms with van der Waals surface area (Å²) in [5, 5.41) is 0. The Balaban J connectivity index is 1.92. The van der Waals surface area contributed by atoms with Crippen LogP contribution in [0.4, 0.5) is 0 Å². The molecular formula is C13H21NO3. The van der Waals surface area contributed by atoms with Crippen LogP contribution in [-0.2, 0) is 14.3 Å². The molecule has 1 heterocycles. The summed E-state index contributed by atoms with van der Waals surface area (Å²) in [4.78, 5) is 25.5. The normalized spacial score (nSPS) is 25.9. The van der Waals surface area contributed by atoms with Gasteiger partial charge in [0, 0.05) is 19.0 Å². The lowest BCUT2D eigenvalue weighted by atomic mass is 10.1. The lowest BCUT2D eigenvalue weighted by Crippen LogP contribution is -2.35. The summed E-state index contributed by atoms with van der Waals surface area (Å²) in [5.41, 5.74) is 0. The van der Waals surface area contributed by atoms with E-state index in [1.165, 1.54) is 12.8 Å². The van der Waals surface area contributed by atoms with Crippen LogP contribution in [0.5, 0.6) is 0 Å². The van der Waals surface area contributed by atoms with Gasteiger partial charge in [0.25, 0.3) is 0 Å². The van der Waals surface area contributed by atoms with Gasteiger partial charge in [-0.1, -0.05) is 12.8 Å². The Bertz CT molecular complexity index is 308. The second-order valence-electron chi connectivity index (χ2n) is 5.37. The Kier molecular flexibility index (Phi) is 3.69. The molecule has 1 saturated carbocycles. The molecule has 1 aliphatic heterocycles. The average molecular weight is 239 g/mol. The Hall–Kier alpha value is -1.06. The molecule has 0 aromatic carbocycles. The third kappa shape index (κ3) is 2.79. The highest BCUT2D eigenvalue weighted by atomic mass is 16.5. The largest absolute Gasteiger partial charge is 0.463 e. The van der Waals surface area contributed by atoms with Crippen molar-refractivity contribution in [3.63, 3.8) is 0 Å². The molecule has 0 N–H and O–H groups in total. The zero-order valence-corrected chi connectivity index (χ0v) is 10.6. The van der Waals surface area contributed by atoms with Gasteiger partial charge in [-0.25, -0.2) is 0 Å². The van der Waals surface area contributed by atoms with Crippen LogP contribution in [0.15, 0.2) is 0 Å². The van der Waals surface area contributed by atoms with Gasteiger partial charge in [-0.2, -0.15) is 0 Å². The minimum atomic E-state index is -0.245. The molecule has 1 aliphatic carbocycles. The molecule has 17 heavy (non-hydrogen) atoms. The van der Waals surface area contributed by atoms with Gasteiger partial charge in [-0.3, -0.25) is 9.59 Å². The quantitative estimate of drug-likeness (QED) is 0.705. The molecule has 4 heteroatoms. The molecule has 0 aromatic rings.